The van der Waals surface area contributed by atoms with Crippen molar-refractivity contribution >= 4 is 12.0 Å². The van der Waals surface area contributed by atoms with Crippen molar-refractivity contribution in [1.29, 1.82) is 0 Å². The number of carbonyl (C=O) groups is 2. The van der Waals surface area contributed by atoms with E-state index in [9.17, 15) is 14.0 Å². The van der Waals surface area contributed by atoms with Crippen molar-refractivity contribution in [2.45, 2.75) is 66.2 Å². The van der Waals surface area contributed by atoms with Crippen molar-refractivity contribution in [3.63, 3.8) is 0 Å². The summed E-state index contributed by atoms with van der Waals surface area (Å²) in [6, 6.07) is 0. The van der Waals surface area contributed by atoms with Crippen LogP contribution in [0.4, 0.5) is 9.18 Å². The molecule has 0 unspecified atom stereocenters. The van der Waals surface area contributed by atoms with Crippen molar-refractivity contribution in [1.82, 2.24) is 9.80 Å². The van der Waals surface area contributed by atoms with Gasteiger partial charge in [0.1, 0.15) is 5.60 Å². The van der Waals surface area contributed by atoms with Crippen LogP contribution in [0.25, 0.3) is 0 Å². The molecule has 2 rings (SSSR count). The van der Waals surface area contributed by atoms with Crippen LogP contribution in [-0.4, -0.2) is 59.2 Å². The summed E-state index contributed by atoms with van der Waals surface area (Å²) in [7, 11) is 0. The van der Waals surface area contributed by atoms with Crippen LogP contribution in [0.1, 0.15) is 54.9 Å². The minimum absolute atomic E-state index is 0.0423. The highest BCUT2D eigenvalue weighted by Crippen LogP contribution is 2.34. The molecule has 134 valence electrons. The van der Waals surface area contributed by atoms with Crippen LogP contribution >= 0.6 is 0 Å². The quantitative estimate of drug-likeness (QED) is 0.742. The number of hydrogen-bond acceptors (Lipinski definition) is 3. The van der Waals surface area contributed by atoms with Gasteiger partial charge in [-0.3, -0.25) is 4.79 Å². The Kier molecular flexibility index (Phi) is 5.70. The second-order valence-corrected chi connectivity index (χ2v) is 7.94. The van der Waals surface area contributed by atoms with Gasteiger partial charge >= 0.3 is 6.09 Å². The SMILES string of the molecule is CC.CC1(C)CCN(C(=O)C2(F)CN(C(=O)OC(C)(C)C)C2)C1. The molecule has 2 aliphatic heterocycles. The molecule has 2 fully saturated rings. The Hall–Kier alpha value is -1.33. The van der Waals surface area contributed by atoms with Crippen molar-refractivity contribution in [2.75, 3.05) is 26.2 Å². The van der Waals surface area contributed by atoms with Gasteiger partial charge in [0.15, 0.2) is 0 Å². The van der Waals surface area contributed by atoms with Gasteiger partial charge in [-0.1, -0.05) is 27.7 Å². The number of carbonyl (C=O) groups excluding carboxylic acids is 2. The number of likely N-dealkylation sites (tertiary alicyclic amines) is 2. The Morgan fingerprint density at radius 1 is 1.04 bits per heavy atom. The molecular weight excluding hydrogens is 299 g/mol. The van der Waals surface area contributed by atoms with Crippen LogP contribution in [0, 0.1) is 5.41 Å². The molecule has 0 aliphatic carbocycles. The van der Waals surface area contributed by atoms with Crippen LogP contribution < -0.4 is 0 Å². The van der Waals surface area contributed by atoms with Gasteiger partial charge in [0.05, 0.1) is 13.1 Å². The topological polar surface area (TPSA) is 49.9 Å². The lowest BCUT2D eigenvalue weighted by Crippen LogP contribution is -2.68. The van der Waals surface area contributed by atoms with Crippen LogP contribution in [0.2, 0.25) is 0 Å². The molecule has 6 heteroatoms. The Bertz CT molecular complexity index is 451. The molecule has 0 aromatic rings. The average Bonchev–Trinajstić information content (AvgIpc) is 2.74. The largest absolute Gasteiger partial charge is 0.444 e. The number of hydrogen-bond donors (Lipinski definition) is 0. The standard InChI is InChI=1S/C15H25FN2O3.C2H6/c1-13(2,3)21-12(20)18-9-15(16,10-18)11(19)17-7-6-14(4,5)8-17;1-2/h6-10H2,1-5H3;1-2H3. The lowest BCUT2D eigenvalue weighted by Gasteiger charge is -2.44. The Balaban J connectivity index is 0.00000127. The third-order valence-electron chi connectivity index (χ3n) is 3.88. The minimum Gasteiger partial charge on any atom is -0.444 e. The van der Waals surface area contributed by atoms with Crippen molar-refractivity contribution in [2.24, 2.45) is 5.41 Å². The maximum atomic E-state index is 14.6. The number of halogens is 1. The third-order valence-corrected chi connectivity index (χ3v) is 3.88. The third kappa shape index (κ3) is 4.82. The molecule has 0 aromatic carbocycles. The molecule has 0 aromatic heterocycles. The van der Waals surface area contributed by atoms with E-state index in [-0.39, 0.29) is 18.5 Å². The first-order chi connectivity index (χ1) is 10.4. The molecule has 2 saturated heterocycles. The summed E-state index contributed by atoms with van der Waals surface area (Å²) in [6.45, 7) is 14.1. The Morgan fingerprint density at radius 3 is 1.96 bits per heavy atom. The van der Waals surface area contributed by atoms with Gasteiger partial charge in [0.25, 0.3) is 5.91 Å². The molecule has 0 bridgehead atoms. The molecule has 0 radical (unpaired) electrons. The van der Waals surface area contributed by atoms with E-state index in [0.29, 0.717) is 13.1 Å². The molecule has 0 spiro atoms. The lowest BCUT2D eigenvalue weighted by molar-refractivity contribution is -0.154. The highest BCUT2D eigenvalue weighted by atomic mass is 19.1. The number of ether oxygens (including phenoxy) is 1. The van der Waals surface area contributed by atoms with Crippen LogP contribution in [0.5, 0.6) is 0 Å². The number of rotatable bonds is 1. The summed E-state index contributed by atoms with van der Waals surface area (Å²) in [4.78, 5) is 26.9. The van der Waals surface area contributed by atoms with E-state index >= 15 is 0 Å². The fraction of sp³-hybridized carbons (Fsp3) is 0.882. The molecule has 0 N–H and O–H groups in total. The normalized spacial score (nSPS) is 21.9. The monoisotopic (exact) mass is 330 g/mol. The Morgan fingerprint density at radius 2 is 1.57 bits per heavy atom. The van der Waals surface area contributed by atoms with E-state index in [1.165, 1.54) is 4.90 Å². The molecule has 0 saturated carbocycles. The van der Waals surface area contributed by atoms with Crippen molar-refractivity contribution in [3.8, 4) is 0 Å². The number of nitrogens with zero attached hydrogens (tertiary/aromatic N) is 2. The van der Waals surface area contributed by atoms with E-state index in [1.807, 2.05) is 13.8 Å². The molecule has 0 atom stereocenters. The fourth-order valence-electron chi connectivity index (χ4n) is 2.72. The number of alkyl halides is 1. The molecule has 2 amide bonds. The van der Waals surface area contributed by atoms with E-state index in [1.54, 1.807) is 25.7 Å². The second kappa shape index (κ2) is 6.65. The zero-order chi connectivity index (χ0) is 18.1. The van der Waals surface area contributed by atoms with Crippen molar-refractivity contribution in [3.05, 3.63) is 0 Å². The maximum absolute atomic E-state index is 14.6. The first-order valence-electron chi connectivity index (χ1n) is 8.38. The smallest absolute Gasteiger partial charge is 0.410 e. The van der Waals surface area contributed by atoms with Gasteiger partial charge < -0.3 is 14.5 Å². The highest BCUT2D eigenvalue weighted by molar-refractivity contribution is 5.89. The molecule has 5 nitrogen and oxygen atoms in total. The van der Waals surface area contributed by atoms with E-state index in [2.05, 4.69) is 13.8 Å². The molecule has 2 heterocycles. The predicted octanol–water partition coefficient (Wildman–Crippen LogP) is 3.23. The summed E-state index contributed by atoms with van der Waals surface area (Å²) >= 11 is 0. The predicted molar refractivity (Wildman–Crippen MR) is 88.0 cm³/mol. The molecule has 2 aliphatic rings. The Labute approximate surface area is 139 Å². The van der Waals surface area contributed by atoms with Crippen molar-refractivity contribution < 1.29 is 18.7 Å². The first-order valence-corrected chi connectivity index (χ1v) is 8.38. The summed E-state index contributed by atoms with van der Waals surface area (Å²) < 4.78 is 19.8. The number of amides is 2. The van der Waals surface area contributed by atoms with Crippen LogP contribution in [-0.2, 0) is 9.53 Å². The molecular formula is C17H31FN2O3. The van der Waals surface area contributed by atoms with Gasteiger partial charge in [-0.15, -0.1) is 0 Å². The average molecular weight is 330 g/mol. The summed E-state index contributed by atoms with van der Waals surface area (Å²) in [5, 5.41) is 0. The first kappa shape index (κ1) is 19.7. The fourth-order valence-corrected chi connectivity index (χ4v) is 2.72. The van der Waals surface area contributed by atoms with Gasteiger partial charge in [0, 0.05) is 13.1 Å². The van der Waals surface area contributed by atoms with Crippen LogP contribution in [0.3, 0.4) is 0 Å². The second-order valence-electron chi connectivity index (χ2n) is 7.94. The van der Waals surface area contributed by atoms with E-state index in [0.717, 1.165) is 6.42 Å². The van der Waals surface area contributed by atoms with Gasteiger partial charge in [-0.2, -0.15) is 0 Å². The molecule has 23 heavy (non-hydrogen) atoms. The van der Waals surface area contributed by atoms with Crippen LogP contribution in [0.15, 0.2) is 0 Å². The summed E-state index contributed by atoms with van der Waals surface area (Å²) in [5.41, 5.74) is -2.52. The minimum atomic E-state index is -1.95. The van der Waals surface area contributed by atoms with Gasteiger partial charge in [-0.05, 0) is 32.6 Å². The summed E-state index contributed by atoms with van der Waals surface area (Å²) in [5.74, 6) is -0.493. The van der Waals surface area contributed by atoms with E-state index < -0.39 is 23.3 Å². The van der Waals surface area contributed by atoms with Gasteiger partial charge in [0.2, 0.25) is 5.67 Å². The summed E-state index contributed by atoms with van der Waals surface area (Å²) in [6.07, 6.45) is 0.315. The highest BCUT2D eigenvalue weighted by Gasteiger charge is 2.55. The zero-order valence-corrected chi connectivity index (χ0v) is 15.5. The van der Waals surface area contributed by atoms with E-state index in [4.69, 9.17) is 4.74 Å². The zero-order valence-electron chi connectivity index (χ0n) is 15.5. The lowest BCUT2D eigenvalue weighted by atomic mass is 9.92. The van der Waals surface area contributed by atoms with Gasteiger partial charge in [-0.25, -0.2) is 9.18 Å². The maximum Gasteiger partial charge on any atom is 0.410 e.